The number of hydrogen-bond acceptors (Lipinski definition) is 2. The Labute approximate surface area is 129 Å². The summed E-state index contributed by atoms with van der Waals surface area (Å²) in [5, 5.41) is 6.58. The molecule has 0 radical (unpaired) electrons. The van der Waals surface area contributed by atoms with Gasteiger partial charge in [0.15, 0.2) is 0 Å². The highest BCUT2D eigenvalue weighted by Crippen LogP contribution is 2.37. The van der Waals surface area contributed by atoms with Crippen LogP contribution in [0.3, 0.4) is 0 Å². The molecule has 0 aliphatic heterocycles. The first-order chi connectivity index (χ1) is 8.50. The number of halogens is 3. The molecular formula is C13H12BrCl2NS. The minimum atomic E-state index is 0.208. The molecule has 2 aromatic rings. The first kappa shape index (κ1) is 14.2. The zero-order chi connectivity index (χ0) is 13.3. The molecule has 0 saturated heterocycles. The Morgan fingerprint density at radius 2 is 1.94 bits per heavy atom. The molecule has 0 amide bonds. The van der Waals surface area contributed by atoms with Crippen LogP contribution in [0.15, 0.2) is 28.1 Å². The molecule has 96 valence electrons. The molecule has 0 fully saturated rings. The molecular weight excluding hydrogens is 353 g/mol. The molecule has 2 rings (SSSR count). The fraction of sp³-hybridized carbons (Fsp3) is 0.231. The van der Waals surface area contributed by atoms with Gasteiger partial charge >= 0.3 is 0 Å². The van der Waals surface area contributed by atoms with Gasteiger partial charge in [-0.05, 0) is 58.9 Å². The van der Waals surface area contributed by atoms with Gasteiger partial charge in [0, 0.05) is 9.35 Å². The van der Waals surface area contributed by atoms with Crippen molar-refractivity contribution in [1.82, 2.24) is 0 Å². The summed E-state index contributed by atoms with van der Waals surface area (Å²) in [4.78, 5) is 1.31. The Morgan fingerprint density at radius 1 is 1.22 bits per heavy atom. The molecule has 0 spiro atoms. The van der Waals surface area contributed by atoms with Gasteiger partial charge in [0.05, 0.1) is 21.8 Å². The maximum Gasteiger partial charge on any atom is 0.0835 e. The summed E-state index contributed by atoms with van der Waals surface area (Å²) in [5.41, 5.74) is 2.14. The van der Waals surface area contributed by atoms with Crippen LogP contribution in [0.1, 0.15) is 23.4 Å². The van der Waals surface area contributed by atoms with Gasteiger partial charge in [-0.25, -0.2) is 0 Å². The molecule has 1 atom stereocenters. The number of rotatable bonds is 3. The van der Waals surface area contributed by atoms with E-state index in [4.69, 9.17) is 23.2 Å². The molecule has 1 aromatic carbocycles. The number of anilines is 1. The number of aryl methyl sites for hydroxylation is 1. The Kier molecular flexibility index (Phi) is 4.59. The van der Waals surface area contributed by atoms with Crippen LogP contribution in [0.2, 0.25) is 10.0 Å². The molecule has 0 saturated carbocycles. The molecule has 1 N–H and O–H groups in total. The van der Waals surface area contributed by atoms with Crippen molar-refractivity contribution < 1.29 is 0 Å². The zero-order valence-electron chi connectivity index (χ0n) is 9.93. The highest BCUT2D eigenvalue weighted by molar-refractivity contribution is 9.10. The lowest BCUT2D eigenvalue weighted by molar-refractivity contribution is 0.899. The van der Waals surface area contributed by atoms with E-state index in [1.807, 2.05) is 12.1 Å². The molecule has 1 unspecified atom stereocenters. The average molecular weight is 365 g/mol. The van der Waals surface area contributed by atoms with Crippen LogP contribution in [0, 0.1) is 6.92 Å². The second-order valence-corrected chi connectivity index (χ2v) is 6.61. The third kappa shape index (κ3) is 2.85. The van der Waals surface area contributed by atoms with E-state index in [1.165, 1.54) is 10.4 Å². The number of hydrogen-bond donors (Lipinski definition) is 1. The van der Waals surface area contributed by atoms with Gasteiger partial charge in [0.1, 0.15) is 0 Å². The molecule has 1 nitrogen and oxygen atoms in total. The summed E-state index contributed by atoms with van der Waals surface area (Å²) in [5.74, 6) is 0. The Bertz CT molecular complexity index is 568. The predicted octanol–water partition coefficient (Wildman–Crippen LogP) is 6.30. The lowest BCUT2D eigenvalue weighted by atomic mass is 10.2. The van der Waals surface area contributed by atoms with Crippen molar-refractivity contribution in [2.24, 2.45) is 0 Å². The summed E-state index contributed by atoms with van der Waals surface area (Å²) in [6.45, 7) is 4.23. The predicted molar refractivity (Wildman–Crippen MR) is 85.3 cm³/mol. The number of benzene rings is 1. The second kappa shape index (κ2) is 5.83. The Morgan fingerprint density at radius 3 is 2.56 bits per heavy atom. The highest BCUT2D eigenvalue weighted by Gasteiger charge is 2.13. The fourth-order valence-corrected chi connectivity index (χ4v) is 3.53. The Balaban J connectivity index is 2.25. The van der Waals surface area contributed by atoms with Crippen LogP contribution in [-0.2, 0) is 0 Å². The van der Waals surface area contributed by atoms with Crippen LogP contribution in [0.25, 0.3) is 0 Å². The zero-order valence-corrected chi connectivity index (χ0v) is 13.8. The minimum Gasteiger partial charge on any atom is -0.376 e. The van der Waals surface area contributed by atoms with Crippen molar-refractivity contribution in [2.45, 2.75) is 19.9 Å². The summed E-state index contributed by atoms with van der Waals surface area (Å²) >= 11 is 17.4. The third-order valence-electron chi connectivity index (χ3n) is 2.70. The smallest absolute Gasteiger partial charge is 0.0835 e. The highest BCUT2D eigenvalue weighted by atomic mass is 79.9. The van der Waals surface area contributed by atoms with E-state index in [1.54, 1.807) is 11.3 Å². The maximum atomic E-state index is 6.22. The van der Waals surface area contributed by atoms with Crippen molar-refractivity contribution >= 4 is 56.2 Å². The van der Waals surface area contributed by atoms with E-state index in [0.29, 0.717) is 10.0 Å². The van der Waals surface area contributed by atoms with E-state index in [-0.39, 0.29) is 6.04 Å². The molecule has 5 heteroatoms. The first-order valence-corrected chi connectivity index (χ1v) is 7.87. The molecule has 0 aliphatic carbocycles. The lowest BCUT2D eigenvalue weighted by Gasteiger charge is -2.17. The van der Waals surface area contributed by atoms with Crippen molar-refractivity contribution in [3.63, 3.8) is 0 Å². The summed E-state index contributed by atoms with van der Waals surface area (Å²) in [6.07, 6.45) is 0. The fourth-order valence-electron chi connectivity index (χ4n) is 1.76. The van der Waals surface area contributed by atoms with Crippen LogP contribution < -0.4 is 5.32 Å². The molecule has 18 heavy (non-hydrogen) atoms. The van der Waals surface area contributed by atoms with E-state index < -0.39 is 0 Å². The van der Waals surface area contributed by atoms with Crippen molar-refractivity contribution in [3.05, 3.63) is 48.5 Å². The quantitative estimate of drug-likeness (QED) is 0.630. The standard InChI is InChI=1S/C13H12BrCl2NS/c1-7-5-6-18-13(7)8(2)17-10-4-3-9(14)11(15)12(10)16/h3-6,8,17H,1-2H3. The van der Waals surface area contributed by atoms with Gasteiger partial charge in [-0.1, -0.05) is 23.2 Å². The SMILES string of the molecule is Cc1ccsc1C(C)Nc1ccc(Br)c(Cl)c1Cl. The maximum absolute atomic E-state index is 6.22. The van der Waals surface area contributed by atoms with Gasteiger partial charge in [-0.15, -0.1) is 11.3 Å². The van der Waals surface area contributed by atoms with Gasteiger partial charge in [0.2, 0.25) is 0 Å². The van der Waals surface area contributed by atoms with Gasteiger partial charge < -0.3 is 5.32 Å². The third-order valence-corrected chi connectivity index (χ3v) is 5.67. The van der Waals surface area contributed by atoms with E-state index in [2.05, 4.69) is 46.5 Å². The topological polar surface area (TPSA) is 12.0 Å². The van der Waals surface area contributed by atoms with Gasteiger partial charge in [-0.2, -0.15) is 0 Å². The largest absolute Gasteiger partial charge is 0.376 e. The normalized spacial score (nSPS) is 12.5. The second-order valence-electron chi connectivity index (χ2n) is 4.06. The average Bonchev–Trinajstić information content (AvgIpc) is 2.76. The van der Waals surface area contributed by atoms with Gasteiger partial charge in [0.25, 0.3) is 0 Å². The van der Waals surface area contributed by atoms with E-state index in [9.17, 15) is 0 Å². The van der Waals surface area contributed by atoms with Crippen LogP contribution in [-0.4, -0.2) is 0 Å². The van der Waals surface area contributed by atoms with Crippen LogP contribution in [0.4, 0.5) is 5.69 Å². The molecule has 0 bridgehead atoms. The van der Waals surface area contributed by atoms with Gasteiger partial charge in [-0.3, -0.25) is 0 Å². The monoisotopic (exact) mass is 363 g/mol. The summed E-state index contributed by atoms with van der Waals surface area (Å²) in [7, 11) is 0. The summed E-state index contributed by atoms with van der Waals surface area (Å²) in [6, 6.07) is 6.15. The molecule has 1 heterocycles. The Hall–Kier alpha value is -0.220. The molecule has 0 aliphatic rings. The van der Waals surface area contributed by atoms with Crippen molar-refractivity contribution in [3.8, 4) is 0 Å². The van der Waals surface area contributed by atoms with E-state index >= 15 is 0 Å². The van der Waals surface area contributed by atoms with Crippen LogP contribution in [0.5, 0.6) is 0 Å². The first-order valence-electron chi connectivity index (χ1n) is 5.44. The lowest BCUT2D eigenvalue weighted by Crippen LogP contribution is -2.06. The number of thiophene rings is 1. The summed E-state index contributed by atoms with van der Waals surface area (Å²) < 4.78 is 0.805. The van der Waals surface area contributed by atoms with Crippen molar-refractivity contribution in [2.75, 3.05) is 5.32 Å². The van der Waals surface area contributed by atoms with Crippen molar-refractivity contribution in [1.29, 1.82) is 0 Å². The van der Waals surface area contributed by atoms with Crippen LogP contribution >= 0.6 is 50.5 Å². The minimum absolute atomic E-state index is 0.208. The van der Waals surface area contributed by atoms with E-state index in [0.717, 1.165) is 10.2 Å². The number of nitrogens with one attached hydrogen (secondary N) is 1. The molecule has 1 aromatic heterocycles.